The predicted molar refractivity (Wildman–Crippen MR) is 69.7 cm³/mol. The summed E-state index contributed by atoms with van der Waals surface area (Å²) in [5.41, 5.74) is 6.67. The summed E-state index contributed by atoms with van der Waals surface area (Å²) in [6, 6.07) is 3.84. The highest BCUT2D eigenvalue weighted by Crippen LogP contribution is 2.11. The van der Waals surface area contributed by atoms with Gasteiger partial charge in [0.2, 0.25) is 0 Å². The molecule has 0 bridgehead atoms. The van der Waals surface area contributed by atoms with Gasteiger partial charge in [-0.25, -0.2) is 4.98 Å². The number of likely N-dealkylation sites (N-methyl/N-ethyl adjacent to an activating group) is 2. The van der Waals surface area contributed by atoms with Crippen molar-refractivity contribution in [1.29, 1.82) is 0 Å². The van der Waals surface area contributed by atoms with Gasteiger partial charge in [-0.15, -0.1) is 0 Å². The lowest BCUT2D eigenvalue weighted by Crippen LogP contribution is -2.33. The first-order valence-corrected chi connectivity index (χ1v) is 5.82. The first-order chi connectivity index (χ1) is 7.67. The number of nitrogens with two attached hydrogens (primary N) is 1. The highest BCUT2D eigenvalue weighted by molar-refractivity contribution is 5.47. The van der Waals surface area contributed by atoms with E-state index >= 15 is 0 Å². The quantitative estimate of drug-likeness (QED) is 0.791. The van der Waals surface area contributed by atoms with Gasteiger partial charge in [0.25, 0.3) is 0 Å². The van der Waals surface area contributed by atoms with Gasteiger partial charge >= 0.3 is 0 Å². The number of rotatable bonds is 6. The maximum Gasteiger partial charge on any atom is 0.123 e. The molecule has 16 heavy (non-hydrogen) atoms. The maximum absolute atomic E-state index is 5.55. The molecule has 0 spiro atoms. The van der Waals surface area contributed by atoms with Crippen molar-refractivity contribution >= 4 is 11.5 Å². The van der Waals surface area contributed by atoms with Crippen LogP contribution >= 0.6 is 0 Å². The van der Waals surface area contributed by atoms with E-state index in [1.165, 1.54) is 0 Å². The van der Waals surface area contributed by atoms with Gasteiger partial charge in [-0.3, -0.25) is 0 Å². The topological polar surface area (TPSA) is 45.4 Å². The standard InChI is InChI=1S/C12H22N4/c1-4-16(5-2)9-8-15(3)11-6-7-12(13)14-10-11/h6-7,10H,4-5,8-9H2,1-3H3,(H2,13,14). The Morgan fingerprint density at radius 2 is 1.88 bits per heavy atom. The first-order valence-electron chi connectivity index (χ1n) is 5.82. The molecule has 0 aliphatic carbocycles. The molecule has 0 amide bonds. The van der Waals surface area contributed by atoms with Crippen molar-refractivity contribution in [2.45, 2.75) is 13.8 Å². The second-order valence-electron chi connectivity index (χ2n) is 3.89. The van der Waals surface area contributed by atoms with E-state index in [-0.39, 0.29) is 0 Å². The molecule has 2 N–H and O–H groups in total. The minimum atomic E-state index is 0.570. The summed E-state index contributed by atoms with van der Waals surface area (Å²) in [5, 5.41) is 0. The van der Waals surface area contributed by atoms with E-state index in [1.807, 2.05) is 18.3 Å². The van der Waals surface area contributed by atoms with Crippen molar-refractivity contribution in [3.63, 3.8) is 0 Å². The first kappa shape index (κ1) is 12.8. The number of nitrogens with zero attached hydrogens (tertiary/aromatic N) is 3. The van der Waals surface area contributed by atoms with Crippen LogP contribution in [-0.2, 0) is 0 Å². The second kappa shape index (κ2) is 6.33. The molecule has 0 aromatic carbocycles. The third-order valence-corrected chi connectivity index (χ3v) is 2.86. The lowest BCUT2D eigenvalue weighted by Gasteiger charge is -2.24. The fourth-order valence-corrected chi connectivity index (χ4v) is 1.58. The lowest BCUT2D eigenvalue weighted by molar-refractivity contribution is 0.311. The van der Waals surface area contributed by atoms with Crippen LogP contribution in [0.1, 0.15) is 13.8 Å². The van der Waals surface area contributed by atoms with E-state index in [2.05, 4.69) is 35.7 Å². The van der Waals surface area contributed by atoms with E-state index in [1.54, 1.807) is 0 Å². The minimum Gasteiger partial charge on any atom is -0.384 e. The number of hydrogen-bond donors (Lipinski definition) is 1. The molecule has 4 nitrogen and oxygen atoms in total. The number of nitrogen functional groups attached to an aromatic ring is 1. The third kappa shape index (κ3) is 3.70. The summed E-state index contributed by atoms with van der Waals surface area (Å²) in [7, 11) is 2.08. The van der Waals surface area contributed by atoms with Gasteiger partial charge in [0, 0.05) is 20.1 Å². The van der Waals surface area contributed by atoms with Gasteiger partial charge < -0.3 is 15.5 Å². The van der Waals surface area contributed by atoms with Crippen LogP contribution in [0.5, 0.6) is 0 Å². The van der Waals surface area contributed by atoms with Gasteiger partial charge in [-0.05, 0) is 25.2 Å². The number of aromatic nitrogens is 1. The smallest absolute Gasteiger partial charge is 0.123 e. The Morgan fingerprint density at radius 3 is 2.38 bits per heavy atom. The highest BCUT2D eigenvalue weighted by Gasteiger charge is 2.03. The average molecular weight is 222 g/mol. The van der Waals surface area contributed by atoms with Crippen molar-refractivity contribution in [2.75, 3.05) is 43.9 Å². The number of pyridine rings is 1. The summed E-state index contributed by atoms with van der Waals surface area (Å²) in [4.78, 5) is 8.69. The van der Waals surface area contributed by atoms with Gasteiger partial charge in [0.05, 0.1) is 11.9 Å². The SMILES string of the molecule is CCN(CC)CCN(C)c1ccc(N)nc1. The average Bonchev–Trinajstić information content (AvgIpc) is 2.31. The zero-order valence-corrected chi connectivity index (χ0v) is 10.5. The van der Waals surface area contributed by atoms with E-state index in [0.717, 1.165) is 31.9 Å². The summed E-state index contributed by atoms with van der Waals surface area (Å²) in [6.45, 7) is 8.67. The van der Waals surface area contributed by atoms with Crippen LogP contribution in [0.15, 0.2) is 18.3 Å². The Labute approximate surface area is 98.1 Å². The second-order valence-corrected chi connectivity index (χ2v) is 3.89. The molecular formula is C12H22N4. The molecule has 0 radical (unpaired) electrons. The molecule has 1 aromatic heterocycles. The molecule has 4 heteroatoms. The van der Waals surface area contributed by atoms with Gasteiger partial charge in [-0.2, -0.15) is 0 Å². The largest absolute Gasteiger partial charge is 0.384 e. The van der Waals surface area contributed by atoms with Crippen molar-refractivity contribution in [1.82, 2.24) is 9.88 Å². The van der Waals surface area contributed by atoms with Crippen molar-refractivity contribution in [3.05, 3.63) is 18.3 Å². The Morgan fingerprint density at radius 1 is 1.19 bits per heavy atom. The van der Waals surface area contributed by atoms with E-state index in [0.29, 0.717) is 5.82 Å². The Hall–Kier alpha value is -1.29. The van der Waals surface area contributed by atoms with Gasteiger partial charge in [0.15, 0.2) is 0 Å². The fourth-order valence-electron chi connectivity index (χ4n) is 1.58. The summed E-state index contributed by atoms with van der Waals surface area (Å²) < 4.78 is 0. The molecule has 0 unspecified atom stereocenters. The van der Waals surface area contributed by atoms with E-state index in [9.17, 15) is 0 Å². The minimum absolute atomic E-state index is 0.570. The van der Waals surface area contributed by atoms with Crippen LogP contribution in [-0.4, -0.2) is 43.1 Å². The molecule has 0 saturated carbocycles. The fraction of sp³-hybridized carbons (Fsp3) is 0.583. The van der Waals surface area contributed by atoms with Crippen LogP contribution in [0, 0.1) is 0 Å². The van der Waals surface area contributed by atoms with Gasteiger partial charge in [-0.1, -0.05) is 13.8 Å². The molecule has 1 heterocycles. The molecule has 0 atom stereocenters. The van der Waals surface area contributed by atoms with Crippen LogP contribution in [0.25, 0.3) is 0 Å². The van der Waals surface area contributed by atoms with E-state index in [4.69, 9.17) is 5.73 Å². The van der Waals surface area contributed by atoms with E-state index < -0.39 is 0 Å². The van der Waals surface area contributed by atoms with Crippen LogP contribution in [0.3, 0.4) is 0 Å². The third-order valence-electron chi connectivity index (χ3n) is 2.86. The zero-order valence-electron chi connectivity index (χ0n) is 10.5. The predicted octanol–water partition coefficient (Wildman–Crippen LogP) is 1.44. The molecule has 0 fully saturated rings. The normalized spacial score (nSPS) is 10.8. The lowest BCUT2D eigenvalue weighted by atomic mass is 10.3. The Balaban J connectivity index is 2.46. The highest BCUT2D eigenvalue weighted by atomic mass is 15.2. The van der Waals surface area contributed by atoms with Crippen LogP contribution in [0.2, 0.25) is 0 Å². The maximum atomic E-state index is 5.55. The zero-order chi connectivity index (χ0) is 12.0. The van der Waals surface area contributed by atoms with Crippen LogP contribution in [0.4, 0.5) is 11.5 Å². The van der Waals surface area contributed by atoms with Crippen molar-refractivity contribution < 1.29 is 0 Å². The van der Waals surface area contributed by atoms with Crippen molar-refractivity contribution in [3.8, 4) is 0 Å². The van der Waals surface area contributed by atoms with Crippen LogP contribution < -0.4 is 10.6 Å². The summed E-state index contributed by atoms with van der Waals surface area (Å²) >= 11 is 0. The number of hydrogen-bond acceptors (Lipinski definition) is 4. The Kier molecular flexibility index (Phi) is 5.05. The molecule has 90 valence electrons. The Bertz CT molecular complexity index is 292. The summed E-state index contributed by atoms with van der Waals surface area (Å²) in [5.74, 6) is 0.570. The molecule has 0 aliphatic rings. The molecule has 1 aromatic rings. The van der Waals surface area contributed by atoms with Crippen molar-refractivity contribution in [2.24, 2.45) is 0 Å². The summed E-state index contributed by atoms with van der Waals surface area (Å²) in [6.07, 6.45) is 1.82. The number of anilines is 2. The molecule has 0 aliphatic heterocycles. The van der Waals surface area contributed by atoms with Gasteiger partial charge in [0.1, 0.15) is 5.82 Å². The monoisotopic (exact) mass is 222 g/mol. The molecule has 0 saturated heterocycles. The molecule has 1 rings (SSSR count). The molecular weight excluding hydrogens is 200 g/mol.